The first kappa shape index (κ1) is 20.9. The Labute approximate surface area is 164 Å². The molecule has 1 aromatic carbocycles. The molecule has 1 saturated heterocycles. The second kappa shape index (κ2) is 9.49. The van der Waals surface area contributed by atoms with E-state index in [1.165, 1.54) is 11.8 Å². The number of sulfone groups is 1. The number of carbonyl (C=O) groups excluding carboxylic acids is 1. The fourth-order valence-electron chi connectivity index (χ4n) is 2.83. The molecule has 0 aromatic heterocycles. The van der Waals surface area contributed by atoms with Crippen LogP contribution >= 0.6 is 35.0 Å². The molecule has 1 fully saturated rings. The first-order chi connectivity index (χ1) is 11.8. The van der Waals surface area contributed by atoms with Crippen LogP contribution in [-0.4, -0.2) is 49.1 Å². The zero-order valence-electron chi connectivity index (χ0n) is 14.2. The van der Waals surface area contributed by atoms with E-state index < -0.39 is 9.84 Å². The molecular formula is C17H23Cl2NO3S2. The summed E-state index contributed by atoms with van der Waals surface area (Å²) in [4.78, 5) is 14.4. The van der Waals surface area contributed by atoms with Crippen LogP contribution in [0.1, 0.15) is 31.7 Å². The number of carbonyl (C=O) groups is 1. The Morgan fingerprint density at radius 1 is 1.36 bits per heavy atom. The van der Waals surface area contributed by atoms with Crippen LogP contribution in [0.15, 0.2) is 18.2 Å². The van der Waals surface area contributed by atoms with Gasteiger partial charge in [0.25, 0.3) is 0 Å². The number of hydrogen-bond acceptors (Lipinski definition) is 4. The Balaban J connectivity index is 1.92. The van der Waals surface area contributed by atoms with Gasteiger partial charge in [0.15, 0.2) is 9.84 Å². The van der Waals surface area contributed by atoms with Crippen molar-refractivity contribution in [3.63, 3.8) is 0 Å². The average molecular weight is 424 g/mol. The maximum Gasteiger partial charge on any atom is 0.232 e. The third kappa shape index (κ3) is 6.35. The minimum absolute atomic E-state index is 0.00522. The van der Waals surface area contributed by atoms with E-state index >= 15 is 0 Å². The molecule has 1 aromatic rings. The summed E-state index contributed by atoms with van der Waals surface area (Å²) in [6.07, 6.45) is 2.40. The molecule has 0 bridgehead atoms. The van der Waals surface area contributed by atoms with Crippen LogP contribution in [0, 0.1) is 0 Å². The van der Waals surface area contributed by atoms with Crippen LogP contribution in [0.5, 0.6) is 0 Å². The van der Waals surface area contributed by atoms with Gasteiger partial charge in [-0.05, 0) is 30.5 Å². The SMILES string of the molecule is CCCCN(C(=O)CSCc1ccc(Cl)cc1Cl)C1CCS(=O)(=O)C1. The van der Waals surface area contributed by atoms with Crippen LogP contribution in [0.25, 0.3) is 0 Å². The topological polar surface area (TPSA) is 54.5 Å². The molecule has 4 nitrogen and oxygen atoms in total. The fraction of sp³-hybridized carbons (Fsp3) is 0.588. The van der Waals surface area contributed by atoms with Crippen molar-refractivity contribution in [3.05, 3.63) is 33.8 Å². The predicted octanol–water partition coefficient (Wildman–Crippen LogP) is 4.04. The lowest BCUT2D eigenvalue weighted by Gasteiger charge is -2.28. The Hall–Kier alpha value is -0.430. The van der Waals surface area contributed by atoms with Crippen LogP contribution in [0.3, 0.4) is 0 Å². The maximum absolute atomic E-state index is 12.6. The first-order valence-electron chi connectivity index (χ1n) is 8.34. The van der Waals surface area contributed by atoms with E-state index in [1.54, 1.807) is 17.0 Å². The third-order valence-electron chi connectivity index (χ3n) is 4.22. The van der Waals surface area contributed by atoms with Gasteiger partial charge in [-0.3, -0.25) is 4.79 Å². The summed E-state index contributed by atoms with van der Waals surface area (Å²) in [6.45, 7) is 2.68. The Morgan fingerprint density at radius 2 is 2.12 bits per heavy atom. The van der Waals surface area contributed by atoms with Gasteiger partial charge < -0.3 is 4.90 Å². The molecule has 25 heavy (non-hydrogen) atoms. The summed E-state index contributed by atoms with van der Waals surface area (Å²) in [5.41, 5.74) is 0.937. The maximum atomic E-state index is 12.6. The fourth-order valence-corrected chi connectivity index (χ4v) is 6.03. The van der Waals surface area contributed by atoms with E-state index in [-0.39, 0.29) is 23.5 Å². The van der Waals surface area contributed by atoms with Crippen molar-refractivity contribution in [2.45, 2.75) is 38.0 Å². The van der Waals surface area contributed by atoms with Gasteiger partial charge in [0, 0.05) is 28.4 Å². The standard InChI is InChI=1S/C17H23Cl2NO3S2/c1-2-3-7-20(15-6-8-25(22,23)12-15)17(21)11-24-10-13-4-5-14(18)9-16(13)19/h4-5,9,15H,2-3,6-8,10-12H2,1H3. The summed E-state index contributed by atoms with van der Waals surface area (Å²) in [7, 11) is -3.00. The van der Waals surface area contributed by atoms with Gasteiger partial charge >= 0.3 is 0 Å². The predicted molar refractivity (Wildman–Crippen MR) is 106 cm³/mol. The van der Waals surface area contributed by atoms with E-state index in [0.717, 1.165) is 18.4 Å². The molecule has 1 amide bonds. The van der Waals surface area contributed by atoms with Gasteiger partial charge in [-0.25, -0.2) is 8.42 Å². The molecule has 140 valence electrons. The summed E-state index contributed by atoms with van der Waals surface area (Å²) < 4.78 is 23.5. The molecule has 2 rings (SSSR count). The zero-order chi connectivity index (χ0) is 18.4. The summed E-state index contributed by atoms with van der Waals surface area (Å²) in [5.74, 6) is 1.22. The number of benzene rings is 1. The molecule has 1 aliphatic heterocycles. The summed E-state index contributed by atoms with van der Waals surface area (Å²) in [6, 6.07) is 5.16. The van der Waals surface area contributed by atoms with Gasteiger partial charge in [-0.1, -0.05) is 42.6 Å². The Morgan fingerprint density at radius 3 is 2.72 bits per heavy atom. The minimum atomic E-state index is -3.00. The van der Waals surface area contributed by atoms with E-state index in [9.17, 15) is 13.2 Å². The molecule has 0 saturated carbocycles. The second-order valence-corrected chi connectivity index (χ2v) is 10.3. The molecule has 0 aliphatic carbocycles. The molecule has 0 N–H and O–H groups in total. The van der Waals surface area contributed by atoms with Gasteiger partial charge in [-0.15, -0.1) is 11.8 Å². The van der Waals surface area contributed by atoms with Crippen LogP contribution < -0.4 is 0 Å². The average Bonchev–Trinajstić information content (AvgIpc) is 2.89. The van der Waals surface area contributed by atoms with E-state index in [1.807, 2.05) is 6.07 Å². The summed E-state index contributed by atoms with van der Waals surface area (Å²) in [5, 5.41) is 1.18. The molecular weight excluding hydrogens is 401 g/mol. The number of nitrogens with zero attached hydrogens (tertiary/aromatic N) is 1. The third-order valence-corrected chi connectivity index (χ3v) is 7.52. The van der Waals surface area contributed by atoms with Crippen LogP contribution in [0.2, 0.25) is 10.0 Å². The molecule has 0 spiro atoms. The van der Waals surface area contributed by atoms with Crippen molar-refractivity contribution in [1.82, 2.24) is 4.90 Å². The van der Waals surface area contributed by atoms with Gasteiger partial charge in [0.05, 0.1) is 17.3 Å². The number of thioether (sulfide) groups is 1. The van der Waals surface area contributed by atoms with E-state index in [2.05, 4.69) is 6.92 Å². The molecule has 1 heterocycles. The molecule has 0 radical (unpaired) electrons. The number of rotatable bonds is 8. The monoisotopic (exact) mass is 423 g/mol. The normalized spacial score (nSPS) is 19.1. The lowest BCUT2D eigenvalue weighted by molar-refractivity contribution is -0.130. The largest absolute Gasteiger partial charge is 0.338 e. The Bertz CT molecular complexity index is 710. The molecule has 1 aliphatic rings. The van der Waals surface area contributed by atoms with Crippen molar-refractivity contribution >= 4 is 50.7 Å². The number of unbranched alkanes of at least 4 members (excludes halogenated alkanes) is 1. The lowest BCUT2D eigenvalue weighted by atomic mass is 10.2. The molecule has 1 unspecified atom stereocenters. The molecule has 8 heteroatoms. The highest BCUT2D eigenvalue weighted by Crippen LogP contribution is 2.25. The minimum Gasteiger partial charge on any atom is -0.338 e. The van der Waals surface area contributed by atoms with E-state index in [0.29, 0.717) is 34.5 Å². The number of hydrogen-bond donors (Lipinski definition) is 0. The van der Waals surface area contributed by atoms with Crippen LogP contribution in [0.4, 0.5) is 0 Å². The Kier molecular flexibility index (Phi) is 7.92. The smallest absolute Gasteiger partial charge is 0.232 e. The van der Waals surface area contributed by atoms with E-state index in [4.69, 9.17) is 23.2 Å². The van der Waals surface area contributed by atoms with Gasteiger partial charge in [0.1, 0.15) is 0 Å². The zero-order valence-corrected chi connectivity index (χ0v) is 17.4. The van der Waals surface area contributed by atoms with Crippen molar-refractivity contribution in [2.24, 2.45) is 0 Å². The highest BCUT2D eigenvalue weighted by molar-refractivity contribution is 7.99. The van der Waals surface area contributed by atoms with Crippen molar-refractivity contribution in [3.8, 4) is 0 Å². The lowest BCUT2D eigenvalue weighted by Crippen LogP contribution is -2.42. The van der Waals surface area contributed by atoms with Gasteiger partial charge in [0.2, 0.25) is 5.91 Å². The number of halogens is 2. The van der Waals surface area contributed by atoms with Gasteiger partial charge in [-0.2, -0.15) is 0 Å². The quantitative estimate of drug-likeness (QED) is 0.632. The highest BCUT2D eigenvalue weighted by Gasteiger charge is 2.34. The first-order valence-corrected chi connectivity index (χ1v) is 12.1. The second-order valence-electron chi connectivity index (χ2n) is 6.23. The highest BCUT2D eigenvalue weighted by atomic mass is 35.5. The van der Waals surface area contributed by atoms with Crippen molar-refractivity contribution in [2.75, 3.05) is 23.8 Å². The molecule has 1 atom stereocenters. The number of amides is 1. The van der Waals surface area contributed by atoms with Crippen molar-refractivity contribution in [1.29, 1.82) is 0 Å². The summed E-state index contributed by atoms with van der Waals surface area (Å²) >= 11 is 13.5. The van der Waals surface area contributed by atoms with Crippen LogP contribution in [-0.2, 0) is 20.4 Å². The van der Waals surface area contributed by atoms with Crippen molar-refractivity contribution < 1.29 is 13.2 Å².